The third-order valence-electron chi connectivity index (χ3n) is 3.08. The summed E-state index contributed by atoms with van der Waals surface area (Å²) < 4.78 is 5.62. The van der Waals surface area contributed by atoms with E-state index in [0.717, 1.165) is 10.4 Å². The number of rotatable bonds is 4. The number of hydrogen-bond acceptors (Lipinski definition) is 8. The average Bonchev–Trinajstić information content (AvgIpc) is 3.13. The number of tetrazole rings is 1. The van der Waals surface area contributed by atoms with Crippen LogP contribution in [0.1, 0.15) is 11.3 Å². The van der Waals surface area contributed by atoms with Crippen LogP contribution in [0.3, 0.4) is 0 Å². The Morgan fingerprint density at radius 1 is 1.39 bits per heavy atom. The third-order valence-corrected chi connectivity index (χ3v) is 3.08. The molecule has 0 amide bonds. The number of aryl methyl sites for hydroxylation is 1. The zero-order chi connectivity index (χ0) is 16.4. The minimum absolute atomic E-state index is 0.0547. The largest absolute Gasteiger partial charge is 0.455 e. The molecule has 116 valence electrons. The summed E-state index contributed by atoms with van der Waals surface area (Å²) in [5, 5.41) is 25.2. The topological polar surface area (TPSA) is 138 Å². The van der Waals surface area contributed by atoms with Crippen molar-refractivity contribution in [2.45, 2.75) is 6.92 Å². The molecule has 0 radical (unpaired) electrons. The van der Waals surface area contributed by atoms with E-state index in [4.69, 9.17) is 10.2 Å². The molecule has 10 nitrogen and oxygen atoms in total. The Labute approximate surface area is 129 Å². The summed E-state index contributed by atoms with van der Waals surface area (Å²) in [6.45, 7) is 1.67. The van der Waals surface area contributed by atoms with Gasteiger partial charge >= 0.3 is 0 Å². The maximum absolute atomic E-state index is 10.8. The first-order valence-corrected chi connectivity index (χ1v) is 6.48. The highest BCUT2D eigenvalue weighted by Gasteiger charge is 2.12. The van der Waals surface area contributed by atoms with Crippen LogP contribution in [-0.2, 0) is 0 Å². The molecule has 0 fully saturated rings. The lowest BCUT2D eigenvalue weighted by atomic mass is 10.1. The van der Waals surface area contributed by atoms with E-state index in [2.05, 4.69) is 20.6 Å². The molecule has 3 rings (SSSR count). The van der Waals surface area contributed by atoms with Crippen molar-refractivity contribution < 1.29 is 9.34 Å². The monoisotopic (exact) mass is 313 g/mol. The van der Waals surface area contributed by atoms with Crippen LogP contribution in [0, 0.1) is 17.0 Å². The van der Waals surface area contributed by atoms with Crippen LogP contribution in [0.4, 0.5) is 11.6 Å². The van der Waals surface area contributed by atoms with Gasteiger partial charge in [0.1, 0.15) is 11.5 Å². The summed E-state index contributed by atoms with van der Waals surface area (Å²) in [7, 11) is 0. The third kappa shape index (κ3) is 2.90. The number of benzene rings is 1. The van der Waals surface area contributed by atoms with Crippen LogP contribution in [-0.4, -0.2) is 31.5 Å². The maximum Gasteiger partial charge on any atom is 0.272 e. The molecule has 0 aliphatic rings. The van der Waals surface area contributed by atoms with Crippen molar-refractivity contribution in [1.82, 2.24) is 20.3 Å². The summed E-state index contributed by atoms with van der Waals surface area (Å²) in [5.74, 6) is 1.08. The fourth-order valence-electron chi connectivity index (χ4n) is 1.97. The molecule has 0 spiro atoms. The quantitative estimate of drug-likeness (QED) is 0.438. The van der Waals surface area contributed by atoms with E-state index in [1.807, 2.05) is 0 Å². The summed E-state index contributed by atoms with van der Waals surface area (Å²) in [6.07, 6.45) is 1.41. The highest BCUT2D eigenvalue weighted by Crippen LogP contribution is 2.27. The molecule has 0 unspecified atom stereocenters. The van der Waals surface area contributed by atoms with Gasteiger partial charge in [-0.05, 0) is 41.6 Å². The molecular formula is C13H11N7O3. The highest BCUT2D eigenvalue weighted by molar-refractivity contribution is 5.77. The number of furan rings is 1. The first-order chi connectivity index (χ1) is 11.0. The normalized spacial score (nSPS) is 11.2. The van der Waals surface area contributed by atoms with E-state index in [-0.39, 0.29) is 11.6 Å². The Morgan fingerprint density at radius 3 is 2.87 bits per heavy atom. The van der Waals surface area contributed by atoms with Gasteiger partial charge in [-0.2, -0.15) is 5.10 Å². The number of nitrogens with zero attached hydrogens (tertiary/aromatic N) is 6. The summed E-state index contributed by atoms with van der Waals surface area (Å²) >= 11 is 0. The fraction of sp³-hybridized carbons (Fsp3) is 0.0769. The van der Waals surface area contributed by atoms with Crippen molar-refractivity contribution in [2.24, 2.45) is 5.10 Å². The molecule has 0 aliphatic carbocycles. The molecule has 2 heterocycles. The number of nitro groups is 1. The van der Waals surface area contributed by atoms with Gasteiger partial charge < -0.3 is 10.2 Å². The van der Waals surface area contributed by atoms with Crippen molar-refractivity contribution in [3.8, 4) is 11.3 Å². The van der Waals surface area contributed by atoms with Gasteiger partial charge in [0.15, 0.2) is 0 Å². The standard InChI is InChI=1S/C13H11N7O3/c1-8-6-9(2-4-11(8)20(21)22)12-5-3-10(23-12)7-15-19-13(14)16-17-18-19/h2-7H,1H3,(H2,14,16,18)/b15-7-. The molecule has 2 N–H and O–H groups in total. The van der Waals surface area contributed by atoms with E-state index in [1.54, 1.807) is 31.2 Å². The summed E-state index contributed by atoms with van der Waals surface area (Å²) in [6, 6.07) is 8.21. The summed E-state index contributed by atoms with van der Waals surface area (Å²) in [4.78, 5) is 11.5. The molecule has 0 atom stereocenters. The van der Waals surface area contributed by atoms with Gasteiger partial charge in [-0.25, -0.2) is 0 Å². The van der Waals surface area contributed by atoms with Crippen LogP contribution in [0.25, 0.3) is 11.3 Å². The average molecular weight is 313 g/mol. The molecule has 1 aromatic carbocycles. The molecule has 2 aromatic heterocycles. The van der Waals surface area contributed by atoms with Crippen molar-refractivity contribution in [3.63, 3.8) is 0 Å². The maximum atomic E-state index is 10.8. The summed E-state index contributed by atoms with van der Waals surface area (Å²) in [5.41, 5.74) is 6.84. The zero-order valence-electron chi connectivity index (χ0n) is 11.9. The molecule has 0 bridgehead atoms. The predicted octanol–water partition coefficient (Wildman–Crippen LogP) is 1.61. The minimum Gasteiger partial charge on any atom is -0.455 e. The molecule has 0 aliphatic heterocycles. The number of nitro benzene ring substituents is 1. The van der Waals surface area contributed by atoms with Gasteiger partial charge in [0.05, 0.1) is 11.1 Å². The molecular weight excluding hydrogens is 302 g/mol. The van der Waals surface area contributed by atoms with Crippen molar-refractivity contribution in [1.29, 1.82) is 0 Å². The van der Waals surface area contributed by atoms with Gasteiger partial charge in [0, 0.05) is 17.2 Å². The number of aromatic nitrogens is 4. The van der Waals surface area contributed by atoms with Crippen LogP contribution in [0.2, 0.25) is 0 Å². The van der Waals surface area contributed by atoms with Gasteiger partial charge in [-0.15, -0.1) is 0 Å². The second-order valence-corrected chi connectivity index (χ2v) is 4.63. The van der Waals surface area contributed by atoms with Gasteiger partial charge in [-0.3, -0.25) is 10.1 Å². The predicted molar refractivity (Wildman–Crippen MR) is 80.8 cm³/mol. The highest BCUT2D eigenvalue weighted by atomic mass is 16.6. The molecule has 23 heavy (non-hydrogen) atoms. The van der Waals surface area contributed by atoms with Crippen molar-refractivity contribution in [2.75, 3.05) is 5.73 Å². The Balaban J connectivity index is 1.85. The number of nitrogens with two attached hydrogens (primary N) is 1. The van der Waals surface area contributed by atoms with Crippen LogP contribution >= 0.6 is 0 Å². The molecule has 10 heteroatoms. The number of nitrogen functional groups attached to an aromatic ring is 1. The minimum atomic E-state index is -0.421. The first-order valence-electron chi connectivity index (χ1n) is 6.48. The molecule has 3 aromatic rings. The zero-order valence-corrected chi connectivity index (χ0v) is 11.9. The van der Waals surface area contributed by atoms with E-state index < -0.39 is 4.92 Å². The van der Waals surface area contributed by atoms with Gasteiger partial charge in [-0.1, -0.05) is 9.89 Å². The number of hydrogen-bond donors (Lipinski definition) is 1. The van der Waals surface area contributed by atoms with Gasteiger partial charge in [0.2, 0.25) is 0 Å². The second kappa shape index (κ2) is 5.67. The lowest BCUT2D eigenvalue weighted by Crippen LogP contribution is -1.99. The Kier molecular flexibility index (Phi) is 3.55. The van der Waals surface area contributed by atoms with Crippen LogP contribution in [0.5, 0.6) is 0 Å². The first kappa shape index (κ1) is 14.4. The smallest absolute Gasteiger partial charge is 0.272 e. The van der Waals surface area contributed by atoms with E-state index in [0.29, 0.717) is 17.1 Å². The van der Waals surface area contributed by atoms with Crippen LogP contribution in [0.15, 0.2) is 39.9 Å². The van der Waals surface area contributed by atoms with E-state index >= 15 is 0 Å². The Morgan fingerprint density at radius 2 is 2.22 bits per heavy atom. The lowest BCUT2D eigenvalue weighted by Gasteiger charge is -2.00. The Hall–Kier alpha value is -3.56. The Bertz CT molecular complexity index is 897. The SMILES string of the molecule is Cc1cc(-c2ccc(/C=N\n3nnnc3N)o2)ccc1[N+](=O)[O-]. The fourth-order valence-corrected chi connectivity index (χ4v) is 1.97. The lowest BCUT2D eigenvalue weighted by molar-refractivity contribution is -0.385. The van der Waals surface area contributed by atoms with E-state index in [9.17, 15) is 10.1 Å². The molecule has 0 saturated carbocycles. The van der Waals surface area contributed by atoms with Crippen LogP contribution < -0.4 is 5.73 Å². The van der Waals surface area contributed by atoms with Gasteiger partial charge in [0.25, 0.3) is 11.6 Å². The molecule has 0 saturated heterocycles. The van der Waals surface area contributed by atoms with Crippen molar-refractivity contribution >= 4 is 17.9 Å². The second-order valence-electron chi connectivity index (χ2n) is 4.63. The van der Waals surface area contributed by atoms with E-state index in [1.165, 1.54) is 12.3 Å². The number of anilines is 1. The van der Waals surface area contributed by atoms with Crippen molar-refractivity contribution in [3.05, 3.63) is 51.8 Å².